The van der Waals surface area contributed by atoms with Gasteiger partial charge >= 0.3 is 12.1 Å². The van der Waals surface area contributed by atoms with Crippen LogP contribution in [0.25, 0.3) is 10.8 Å². The summed E-state index contributed by atoms with van der Waals surface area (Å²) in [7, 11) is 0. The Morgan fingerprint density at radius 1 is 1.22 bits per heavy atom. The number of benzene rings is 1. The minimum atomic E-state index is -4.58. The van der Waals surface area contributed by atoms with Crippen molar-refractivity contribution in [1.82, 2.24) is 10.3 Å². The third-order valence-corrected chi connectivity index (χ3v) is 3.33. The number of pyridine rings is 1. The summed E-state index contributed by atoms with van der Waals surface area (Å²) in [6.45, 7) is 1.76. The van der Waals surface area contributed by atoms with Crippen LogP contribution in [-0.2, 0) is 17.8 Å². The van der Waals surface area contributed by atoms with Crippen LogP contribution in [0.2, 0.25) is 0 Å². The molecule has 0 fully saturated rings. The zero-order chi connectivity index (χ0) is 17.0. The summed E-state index contributed by atoms with van der Waals surface area (Å²) >= 11 is 0. The summed E-state index contributed by atoms with van der Waals surface area (Å²) in [5.74, 6) is -1.85. The van der Waals surface area contributed by atoms with Crippen molar-refractivity contribution >= 4 is 16.7 Å². The Kier molecular flexibility index (Phi) is 5.05. The van der Waals surface area contributed by atoms with Crippen molar-refractivity contribution in [3.8, 4) is 0 Å². The Bertz CT molecular complexity index is 769. The molecule has 2 heterocycles. The number of H-pyrrole nitrogens is 1. The maximum absolute atomic E-state index is 11.8. The number of hydrogen-bond acceptors (Lipinski definition) is 3. The first-order valence-electron chi connectivity index (χ1n) is 6.90. The van der Waals surface area contributed by atoms with Crippen LogP contribution in [0.15, 0.2) is 29.1 Å². The molecule has 0 amide bonds. The number of carbonyl (C=O) groups is 1. The fourth-order valence-electron chi connectivity index (χ4n) is 2.42. The number of alkyl halides is 3. The fourth-order valence-corrected chi connectivity index (χ4v) is 2.42. The first-order chi connectivity index (χ1) is 10.8. The minimum absolute atomic E-state index is 0.0213. The number of nitrogens with one attached hydrogen (secondary N) is 2. The van der Waals surface area contributed by atoms with E-state index in [1.807, 2.05) is 24.3 Å². The summed E-state index contributed by atoms with van der Waals surface area (Å²) in [5, 5.41) is 12.7. The highest BCUT2D eigenvalue weighted by Crippen LogP contribution is 2.20. The quantitative estimate of drug-likeness (QED) is 0.749. The molecule has 8 heteroatoms. The lowest BCUT2D eigenvalue weighted by Gasteiger charge is -2.18. The zero-order valence-corrected chi connectivity index (χ0v) is 12.0. The molecule has 1 aliphatic heterocycles. The van der Waals surface area contributed by atoms with Crippen molar-refractivity contribution in [1.29, 1.82) is 0 Å². The first kappa shape index (κ1) is 17.0. The van der Waals surface area contributed by atoms with E-state index in [0.717, 1.165) is 36.0 Å². The third kappa shape index (κ3) is 4.56. The molecule has 1 aromatic heterocycles. The molecule has 0 radical (unpaired) electrons. The number of carboxylic acid groups (broad SMARTS) is 1. The molecule has 0 atom stereocenters. The summed E-state index contributed by atoms with van der Waals surface area (Å²) < 4.78 is 32.8. The van der Waals surface area contributed by atoms with Crippen LogP contribution < -0.4 is 10.9 Å². The van der Waals surface area contributed by atoms with Crippen LogP contribution in [0.4, 0.5) is 13.2 Å². The number of aliphatic carboxylic acids is 1. The highest BCUT2D eigenvalue weighted by molar-refractivity contribution is 5.85. The van der Waals surface area contributed by atoms with Gasteiger partial charge in [0.2, 0.25) is 0 Å². The fraction of sp³-hybridized carbons (Fsp3) is 0.333. The molecule has 124 valence electrons. The molecule has 0 unspecified atom stereocenters. The van der Waals surface area contributed by atoms with E-state index in [1.54, 1.807) is 0 Å². The van der Waals surface area contributed by atoms with Gasteiger partial charge in [-0.2, -0.15) is 13.2 Å². The minimum Gasteiger partial charge on any atom is -0.481 e. The molecule has 23 heavy (non-hydrogen) atoms. The SMILES string of the molecule is O=C(O)CC(F)(F)F.O=c1[nH]c2c(c3ccccc13)CCNC2. The molecule has 5 nitrogen and oxygen atoms in total. The Balaban J connectivity index is 0.000000207. The molecule has 0 saturated heterocycles. The predicted molar refractivity (Wildman–Crippen MR) is 78.3 cm³/mol. The molecule has 0 aliphatic carbocycles. The second-order valence-corrected chi connectivity index (χ2v) is 5.07. The number of halogens is 3. The number of fused-ring (bicyclic) bond motifs is 3. The Hall–Kier alpha value is -2.35. The van der Waals surface area contributed by atoms with E-state index in [9.17, 15) is 22.8 Å². The largest absolute Gasteiger partial charge is 0.481 e. The van der Waals surface area contributed by atoms with Crippen molar-refractivity contribution in [3.05, 3.63) is 45.9 Å². The predicted octanol–water partition coefficient (Wildman–Crippen LogP) is 2.20. The van der Waals surface area contributed by atoms with E-state index in [1.165, 1.54) is 5.56 Å². The smallest absolute Gasteiger partial charge is 0.399 e. The summed E-state index contributed by atoms with van der Waals surface area (Å²) in [6, 6.07) is 7.82. The first-order valence-corrected chi connectivity index (χ1v) is 6.90. The van der Waals surface area contributed by atoms with E-state index in [2.05, 4.69) is 10.3 Å². The molecule has 2 aromatic rings. The van der Waals surface area contributed by atoms with Crippen LogP contribution >= 0.6 is 0 Å². The lowest BCUT2D eigenvalue weighted by molar-refractivity contribution is -0.166. The average Bonchev–Trinajstić information content (AvgIpc) is 2.46. The molecule has 0 spiro atoms. The van der Waals surface area contributed by atoms with Gasteiger partial charge in [-0.1, -0.05) is 18.2 Å². The van der Waals surface area contributed by atoms with Gasteiger partial charge in [-0.15, -0.1) is 0 Å². The van der Waals surface area contributed by atoms with Crippen LogP contribution in [-0.4, -0.2) is 28.8 Å². The van der Waals surface area contributed by atoms with Crippen molar-refractivity contribution in [2.45, 2.75) is 25.6 Å². The van der Waals surface area contributed by atoms with Gasteiger partial charge in [0.15, 0.2) is 0 Å². The van der Waals surface area contributed by atoms with Gasteiger partial charge in [0.25, 0.3) is 5.56 Å². The molecular weight excluding hydrogens is 313 g/mol. The normalized spacial score (nSPS) is 13.9. The van der Waals surface area contributed by atoms with E-state index >= 15 is 0 Å². The second-order valence-electron chi connectivity index (χ2n) is 5.07. The lowest BCUT2D eigenvalue weighted by atomic mass is 9.99. The Morgan fingerprint density at radius 2 is 1.87 bits per heavy atom. The van der Waals surface area contributed by atoms with E-state index in [4.69, 9.17) is 5.11 Å². The number of aromatic amines is 1. The molecule has 1 aliphatic rings. The van der Waals surface area contributed by atoms with E-state index in [-0.39, 0.29) is 5.56 Å². The van der Waals surface area contributed by atoms with Crippen molar-refractivity contribution in [2.75, 3.05) is 6.54 Å². The number of hydrogen-bond donors (Lipinski definition) is 3. The van der Waals surface area contributed by atoms with Gasteiger partial charge < -0.3 is 15.4 Å². The van der Waals surface area contributed by atoms with Crippen molar-refractivity contribution < 1.29 is 23.1 Å². The van der Waals surface area contributed by atoms with E-state index < -0.39 is 18.6 Å². The molecule has 0 bridgehead atoms. The monoisotopic (exact) mass is 328 g/mol. The van der Waals surface area contributed by atoms with Gasteiger partial charge in [-0.3, -0.25) is 9.59 Å². The van der Waals surface area contributed by atoms with Gasteiger partial charge in [0.1, 0.15) is 6.42 Å². The third-order valence-electron chi connectivity index (χ3n) is 3.33. The van der Waals surface area contributed by atoms with Crippen LogP contribution in [0.1, 0.15) is 17.7 Å². The van der Waals surface area contributed by atoms with Crippen molar-refractivity contribution in [2.24, 2.45) is 0 Å². The molecule has 0 saturated carbocycles. The summed E-state index contributed by atoms with van der Waals surface area (Å²) in [6.07, 6.45) is -5.34. The highest BCUT2D eigenvalue weighted by atomic mass is 19.4. The van der Waals surface area contributed by atoms with E-state index in [0.29, 0.717) is 0 Å². The van der Waals surface area contributed by atoms with Gasteiger partial charge in [0.05, 0.1) is 0 Å². The number of rotatable bonds is 1. The Labute approximate surface area is 129 Å². The maximum atomic E-state index is 11.8. The van der Waals surface area contributed by atoms with Crippen LogP contribution in [0, 0.1) is 0 Å². The number of aromatic nitrogens is 1. The average molecular weight is 328 g/mol. The molecule has 3 rings (SSSR count). The standard InChI is InChI=1S/C12H12N2O.C3H3F3O2/c15-12-10-4-2-1-3-8(10)9-5-6-13-7-11(9)14-12;4-3(5,6)1-2(7)8/h1-4,13H,5-7H2,(H,14,15);1H2,(H,7,8). The lowest BCUT2D eigenvalue weighted by Crippen LogP contribution is -2.27. The topological polar surface area (TPSA) is 82.2 Å². The Morgan fingerprint density at radius 3 is 2.43 bits per heavy atom. The van der Waals surface area contributed by atoms with Gasteiger partial charge in [-0.05, 0) is 30.0 Å². The second kappa shape index (κ2) is 6.82. The summed E-state index contributed by atoms with van der Waals surface area (Å²) in [4.78, 5) is 24.0. The maximum Gasteiger partial charge on any atom is 0.399 e. The van der Waals surface area contributed by atoms with Crippen LogP contribution in [0.5, 0.6) is 0 Å². The molecular formula is C15H15F3N2O3. The highest BCUT2D eigenvalue weighted by Gasteiger charge is 2.30. The van der Waals surface area contributed by atoms with Crippen molar-refractivity contribution in [3.63, 3.8) is 0 Å². The molecule has 1 aromatic carbocycles. The summed E-state index contributed by atoms with van der Waals surface area (Å²) in [5.41, 5.74) is 2.36. The number of carboxylic acids is 1. The zero-order valence-electron chi connectivity index (χ0n) is 12.0. The van der Waals surface area contributed by atoms with Gasteiger partial charge in [0, 0.05) is 17.6 Å². The molecule has 3 N–H and O–H groups in total. The van der Waals surface area contributed by atoms with Gasteiger partial charge in [-0.25, -0.2) is 0 Å². The van der Waals surface area contributed by atoms with Crippen LogP contribution in [0.3, 0.4) is 0 Å².